The van der Waals surface area contributed by atoms with E-state index in [-0.39, 0.29) is 29.9 Å². The minimum Gasteiger partial charge on any atom is -0.483 e. The first-order valence-electron chi connectivity index (χ1n) is 12.0. The molecule has 1 N–H and O–H groups in total. The molecule has 2 rings (SSSR count). The first kappa shape index (κ1) is 27.9. The van der Waals surface area contributed by atoms with Crippen LogP contribution in [0.1, 0.15) is 71.1 Å². The van der Waals surface area contributed by atoms with E-state index in [1.165, 1.54) is 5.56 Å². The summed E-state index contributed by atoms with van der Waals surface area (Å²) in [5.41, 5.74) is 3.28. The van der Waals surface area contributed by atoms with Crippen LogP contribution in [0.5, 0.6) is 5.75 Å². The molecule has 2 amide bonds. The number of hydrogen-bond acceptors (Lipinski definition) is 3. The monoisotopic (exact) mass is 530 g/mol. The Morgan fingerprint density at radius 2 is 1.76 bits per heavy atom. The number of amides is 2. The molecule has 0 aromatic heterocycles. The van der Waals surface area contributed by atoms with Crippen LogP contribution in [-0.2, 0) is 21.5 Å². The molecule has 0 fully saturated rings. The van der Waals surface area contributed by atoms with Gasteiger partial charge >= 0.3 is 0 Å². The first-order valence-corrected chi connectivity index (χ1v) is 12.8. The highest BCUT2D eigenvalue weighted by Crippen LogP contribution is 2.31. The SMILES string of the molecule is CC[C@H](C(=O)N[C@@H](C)CC)N(Cc1ccccc1C)C(=O)COc1ccc(C(C)(C)C)cc1Br. The van der Waals surface area contributed by atoms with Crippen molar-refractivity contribution < 1.29 is 14.3 Å². The van der Waals surface area contributed by atoms with E-state index in [1.54, 1.807) is 4.90 Å². The van der Waals surface area contributed by atoms with E-state index >= 15 is 0 Å². The zero-order valence-electron chi connectivity index (χ0n) is 21.6. The van der Waals surface area contributed by atoms with Gasteiger partial charge in [0.25, 0.3) is 5.91 Å². The summed E-state index contributed by atoms with van der Waals surface area (Å²) < 4.78 is 6.73. The number of rotatable bonds is 10. The van der Waals surface area contributed by atoms with Crippen LogP contribution in [0.25, 0.3) is 0 Å². The van der Waals surface area contributed by atoms with Gasteiger partial charge < -0.3 is 15.0 Å². The van der Waals surface area contributed by atoms with Crippen molar-refractivity contribution in [3.8, 4) is 5.75 Å². The molecule has 2 aromatic rings. The smallest absolute Gasteiger partial charge is 0.261 e. The maximum absolute atomic E-state index is 13.4. The Morgan fingerprint density at radius 3 is 2.32 bits per heavy atom. The second kappa shape index (κ2) is 12.4. The third kappa shape index (κ3) is 7.59. The van der Waals surface area contributed by atoms with Crippen LogP contribution in [0.15, 0.2) is 46.9 Å². The molecule has 0 saturated heterocycles. The fraction of sp³-hybridized carbons (Fsp3) is 0.500. The standard InChI is InChI=1S/C28H39BrN2O3/c1-8-20(4)30-27(33)24(9-2)31(17-21-13-11-10-12-19(21)3)26(32)18-34-25-15-14-22(16-23(25)29)28(5,6)7/h10-16,20,24H,8-9,17-18H2,1-7H3,(H,30,33)/t20-,24+/m0/s1. The Balaban J connectivity index is 2.26. The molecule has 2 aromatic carbocycles. The van der Waals surface area contributed by atoms with Crippen molar-refractivity contribution in [3.63, 3.8) is 0 Å². The summed E-state index contributed by atoms with van der Waals surface area (Å²) in [6, 6.07) is 13.3. The molecular formula is C28H39BrN2O3. The van der Waals surface area contributed by atoms with Gasteiger partial charge in [0.05, 0.1) is 4.47 Å². The minimum atomic E-state index is -0.573. The Morgan fingerprint density at radius 1 is 1.09 bits per heavy atom. The molecule has 2 atom stereocenters. The molecule has 0 unspecified atom stereocenters. The zero-order chi connectivity index (χ0) is 25.5. The normalized spacial score (nSPS) is 13.2. The maximum Gasteiger partial charge on any atom is 0.261 e. The van der Waals surface area contributed by atoms with Crippen LogP contribution in [-0.4, -0.2) is 35.4 Å². The molecule has 6 heteroatoms. The van der Waals surface area contributed by atoms with Gasteiger partial charge in [-0.3, -0.25) is 9.59 Å². The van der Waals surface area contributed by atoms with E-state index in [1.807, 2.05) is 70.2 Å². The van der Waals surface area contributed by atoms with Crippen LogP contribution >= 0.6 is 15.9 Å². The summed E-state index contributed by atoms with van der Waals surface area (Å²) in [7, 11) is 0. The zero-order valence-corrected chi connectivity index (χ0v) is 23.2. The molecule has 0 radical (unpaired) electrons. The second-order valence-corrected chi connectivity index (χ2v) is 10.7. The van der Waals surface area contributed by atoms with Gasteiger partial charge in [0.15, 0.2) is 6.61 Å². The summed E-state index contributed by atoms with van der Waals surface area (Å²) in [5.74, 6) is 0.255. The van der Waals surface area contributed by atoms with Crippen LogP contribution < -0.4 is 10.1 Å². The first-order chi connectivity index (χ1) is 16.0. The van der Waals surface area contributed by atoms with Crippen molar-refractivity contribution in [3.05, 3.63) is 63.6 Å². The molecular weight excluding hydrogens is 492 g/mol. The van der Waals surface area contributed by atoms with Crippen LogP contribution in [0.4, 0.5) is 0 Å². The summed E-state index contributed by atoms with van der Waals surface area (Å²) in [6.07, 6.45) is 1.35. The van der Waals surface area contributed by atoms with Crippen LogP contribution in [0, 0.1) is 6.92 Å². The molecule has 0 bridgehead atoms. The van der Waals surface area contributed by atoms with Crippen LogP contribution in [0.2, 0.25) is 0 Å². The van der Waals surface area contributed by atoms with Gasteiger partial charge in [-0.25, -0.2) is 0 Å². The van der Waals surface area contributed by atoms with Crippen LogP contribution in [0.3, 0.4) is 0 Å². The molecule has 0 heterocycles. The van der Waals surface area contributed by atoms with Gasteiger partial charge in [0.1, 0.15) is 11.8 Å². The number of ether oxygens (including phenoxy) is 1. The number of halogens is 1. The van der Waals surface area contributed by atoms with Crippen molar-refractivity contribution in [1.29, 1.82) is 0 Å². The van der Waals surface area contributed by atoms with Gasteiger partial charge in [0.2, 0.25) is 5.91 Å². The van der Waals surface area contributed by atoms with Gasteiger partial charge in [-0.15, -0.1) is 0 Å². The Labute approximate surface area is 213 Å². The topological polar surface area (TPSA) is 58.6 Å². The fourth-order valence-electron chi connectivity index (χ4n) is 3.64. The third-order valence-corrected chi connectivity index (χ3v) is 6.76. The quantitative estimate of drug-likeness (QED) is 0.400. The summed E-state index contributed by atoms with van der Waals surface area (Å²) in [6.45, 7) is 14.6. The number of hydrogen-bond donors (Lipinski definition) is 1. The summed E-state index contributed by atoms with van der Waals surface area (Å²) in [4.78, 5) is 28.2. The van der Waals surface area contributed by atoms with Crippen molar-refractivity contribution in [2.24, 2.45) is 0 Å². The number of aryl methyl sites for hydroxylation is 1. The molecule has 5 nitrogen and oxygen atoms in total. The van der Waals surface area contributed by atoms with E-state index in [0.717, 1.165) is 22.0 Å². The lowest BCUT2D eigenvalue weighted by Crippen LogP contribution is -2.51. The van der Waals surface area contributed by atoms with Gasteiger partial charge in [0, 0.05) is 12.6 Å². The van der Waals surface area contributed by atoms with Gasteiger partial charge in [-0.05, 0) is 76.9 Å². The summed E-state index contributed by atoms with van der Waals surface area (Å²) in [5, 5.41) is 3.04. The van der Waals surface area contributed by atoms with Gasteiger partial charge in [-0.2, -0.15) is 0 Å². The summed E-state index contributed by atoms with van der Waals surface area (Å²) >= 11 is 3.58. The fourth-order valence-corrected chi connectivity index (χ4v) is 4.13. The van der Waals surface area contributed by atoms with E-state index in [0.29, 0.717) is 18.7 Å². The van der Waals surface area contributed by atoms with Crippen molar-refractivity contribution in [2.75, 3.05) is 6.61 Å². The van der Waals surface area contributed by atoms with E-state index < -0.39 is 6.04 Å². The number of benzene rings is 2. The van der Waals surface area contributed by atoms with Crippen molar-refractivity contribution in [2.45, 2.75) is 85.4 Å². The predicted octanol–water partition coefficient (Wildman–Crippen LogP) is 6.16. The molecule has 0 aliphatic heterocycles. The molecule has 0 spiro atoms. The average Bonchev–Trinajstić information content (AvgIpc) is 2.78. The number of carbonyl (C=O) groups excluding carboxylic acids is 2. The largest absolute Gasteiger partial charge is 0.483 e. The third-order valence-electron chi connectivity index (χ3n) is 6.14. The Kier molecular flexibility index (Phi) is 10.2. The van der Waals surface area contributed by atoms with Gasteiger partial charge in [-0.1, -0.05) is 65.0 Å². The maximum atomic E-state index is 13.4. The van der Waals surface area contributed by atoms with E-state index in [9.17, 15) is 9.59 Å². The van der Waals surface area contributed by atoms with Crippen molar-refractivity contribution >= 4 is 27.7 Å². The number of nitrogens with one attached hydrogen (secondary N) is 1. The van der Waals surface area contributed by atoms with E-state index in [4.69, 9.17) is 4.74 Å². The highest BCUT2D eigenvalue weighted by Gasteiger charge is 2.30. The lowest BCUT2D eigenvalue weighted by Gasteiger charge is -2.32. The average molecular weight is 532 g/mol. The molecule has 34 heavy (non-hydrogen) atoms. The minimum absolute atomic E-state index is 0.0124. The lowest BCUT2D eigenvalue weighted by molar-refractivity contribution is -0.143. The molecule has 0 saturated carbocycles. The Hall–Kier alpha value is -2.34. The van der Waals surface area contributed by atoms with Crippen molar-refractivity contribution in [1.82, 2.24) is 10.2 Å². The Bertz CT molecular complexity index is 984. The molecule has 0 aliphatic carbocycles. The lowest BCUT2D eigenvalue weighted by atomic mass is 9.87. The highest BCUT2D eigenvalue weighted by molar-refractivity contribution is 9.10. The number of carbonyl (C=O) groups is 2. The molecule has 0 aliphatic rings. The molecule has 186 valence electrons. The van der Waals surface area contributed by atoms with E-state index in [2.05, 4.69) is 42.0 Å². The predicted molar refractivity (Wildman–Crippen MR) is 142 cm³/mol. The second-order valence-electron chi connectivity index (χ2n) is 9.87. The number of nitrogens with zero attached hydrogens (tertiary/aromatic N) is 1. The highest BCUT2D eigenvalue weighted by atomic mass is 79.9.